The van der Waals surface area contributed by atoms with Crippen LogP contribution >= 0.6 is 11.6 Å². The molecule has 0 fully saturated rings. The molecule has 0 aliphatic carbocycles. The molecular formula is C11H19ClN4O. The topological polar surface area (TPSA) is 72.9 Å². The van der Waals surface area contributed by atoms with Crippen molar-refractivity contribution >= 4 is 17.5 Å². The van der Waals surface area contributed by atoms with Crippen LogP contribution in [0, 0.1) is 0 Å². The third-order valence-corrected chi connectivity index (χ3v) is 2.64. The molecule has 5 nitrogen and oxygen atoms in total. The average molecular weight is 259 g/mol. The molecule has 1 rings (SSSR count). The van der Waals surface area contributed by atoms with Crippen molar-refractivity contribution in [2.45, 2.75) is 38.8 Å². The molecule has 1 aromatic heterocycles. The summed E-state index contributed by atoms with van der Waals surface area (Å²) in [5.74, 6) is -0.100. The van der Waals surface area contributed by atoms with Gasteiger partial charge >= 0.3 is 0 Å². The first kappa shape index (κ1) is 14.0. The number of carbonyl (C=O) groups excluding carboxylic acids is 1. The van der Waals surface area contributed by atoms with E-state index in [1.165, 1.54) is 0 Å². The van der Waals surface area contributed by atoms with Gasteiger partial charge in [0.2, 0.25) is 5.91 Å². The van der Waals surface area contributed by atoms with E-state index in [0.717, 1.165) is 19.3 Å². The lowest BCUT2D eigenvalue weighted by Gasteiger charge is -2.11. The molecule has 0 saturated carbocycles. The van der Waals surface area contributed by atoms with Crippen molar-refractivity contribution in [3.8, 4) is 0 Å². The Morgan fingerprint density at radius 3 is 3.06 bits per heavy atom. The standard InChI is InChI=1S/C11H19ClN4O/c1-2-3-4-10(13)11(17)14-5-6-16-8-9(12)7-15-16/h7-8,10H,2-6,13H2,1H3,(H,14,17). The van der Waals surface area contributed by atoms with Gasteiger partial charge in [0.15, 0.2) is 0 Å². The van der Waals surface area contributed by atoms with Crippen molar-refractivity contribution in [1.29, 1.82) is 0 Å². The first-order valence-electron chi connectivity index (χ1n) is 5.84. The molecule has 1 unspecified atom stereocenters. The van der Waals surface area contributed by atoms with E-state index in [-0.39, 0.29) is 5.91 Å². The summed E-state index contributed by atoms with van der Waals surface area (Å²) in [4.78, 5) is 11.6. The number of nitrogens with one attached hydrogen (secondary N) is 1. The fourth-order valence-corrected chi connectivity index (χ4v) is 1.60. The minimum Gasteiger partial charge on any atom is -0.353 e. The summed E-state index contributed by atoms with van der Waals surface area (Å²) in [6.07, 6.45) is 6.03. The fraction of sp³-hybridized carbons (Fsp3) is 0.636. The normalized spacial score (nSPS) is 12.4. The number of amides is 1. The number of nitrogens with zero attached hydrogens (tertiary/aromatic N) is 2. The predicted octanol–water partition coefficient (Wildman–Crippen LogP) is 1.17. The van der Waals surface area contributed by atoms with Crippen LogP contribution in [0.2, 0.25) is 5.02 Å². The third-order valence-electron chi connectivity index (χ3n) is 2.45. The first-order valence-corrected chi connectivity index (χ1v) is 6.22. The number of carbonyl (C=O) groups is 1. The molecule has 3 N–H and O–H groups in total. The van der Waals surface area contributed by atoms with Crippen LogP contribution in [-0.4, -0.2) is 28.3 Å². The van der Waals surface area contributed by atoms with Crippen molar-refractivity contribution in [1.82, 2.24) is 15.1 Å². The van der Waals surface area contributed by atoms with E-state index in [1.54, 1.807) is 17.1 Å². The average Bonchev–Trinajstić information content (AvgIpc) is 2.71. The molecule has 96 valence electrons. The summed E-state index contributed by atoms with van der Waals surface area (Å²) in [5.41, 5.74) is 5.73. The van der Waals surface area contributed by atoms with E-state index in [0.29, 0.717) is 18.1 Å². The highest BCUT2D eigenvalue weighted by Gasteiger charge is 2.11. The SMILES string of the molecule is CCCCC(N)C(=O)NCCn1cc(Cl)cn1. The van der Waals surface area contributed by atoms with Gasteiger partial charge in [0.05, 0.1) is 23.8 Å². The molecule has 1 aromatic rings. The summed E-state index contributed by atoms with van der Waals surface area (Å²) < 4.78 is 1.68. The highest BCUT2D eigenvalue weighted by atomic mass is 35.5. The zero-order chi connectivity index (χ0) is 12.7. The van der Waals surface area contributed by atoms with Crippen LogP contribution in [0.15, 0.2) is 12.4 Å². The maximum absolute atomic E-state index is 11.6. The Labute approximate surface area is 106 Å². The first-order chi connectivity index (χ1) is 8.13. The number of nitrogens with two attached hydrogens (primary N) is 1. The van der Waals surface area contributed by atoms with Gasteiger partial charge in [0.1, 0.15) is 0 Å². The molecule has 6 heteroatoms. The van der Waals surface area contributed by atoms with Gasteiger partial charge in [0, 0.05) is 12.7 Å². The van der Waals surface area contributed by atoms with Gasteiger partial charge in [0.25, 0.3) is 0 Å². The van der Waals surface area contributed by atoms with E-state index in [4.69, 9.17) is 17.3 Å². The molecule has 0 saturated heterocycles. The second kappa shape index (κ2) is 7.29. The highest BCUT2D eigenvalue weighted by Crippen LogP contribution is 2.03. The van der Waals surface area contributed by atoms with Crippen molar-refractivity contribution in [3.05, 3.63) is 17.4 Å². The molecule has 0 aliphatic rings. The third kappa shape index (κ3) is 5.19. The molecule has 0 aromatic carbocycles. The van der Waals surface area contributed by atoms with E-state index < -0.39 is 6.04 Å². The summed E-state index contributed by atoms with van der Waals surface area (Å²) in [7, 11) is 0. The Bertz CT molecular complexity index is 353. The summed E-state index contributed by atoms with van der Waals surface area (Å²) in [6, 6.07) is -0.406. The van der Waals surface area contributed by atoms with Crippen LogP contribution in [0.4, 0.5) is 0 Å². The minimum absolute atomic E-state index is 0.100. The summed E-state index contributed by atoms with van der Waals surface area (Å²) in [6.45, 7) is 3.18. The molecule has 0 bridgehead atoms. The second-order valence-corrected chi connectivity index (χ2v) is 4.40. The van der Waals surface area contributed by atoms with Crippen LogP contribution in [0.3, 0.4) is 0 Å². The predicted molar refractivity (Wildman–Crippen MR) is 67.7 cm³/mol. The Morgan fingerprint density at radius 2 is 2.47 bits per heavy atom. The van der Waals surface area contributed by atoms with Gasteiger partial charge in [-0.3, -0.25) is 9.48 Å². The molecule has 0 aliphatic heterocycles. The van der Waals surface area contributed by atoms with Gasteiger partial charge in [-0.15, -0.1) is 0 Å². The molecule has 0 spiro atoms. The van der Waals surface area contributed by atoms with Crippen LogP contribution < -0.4 is 11.1 Å². The molecule has 1 amide bonds. The quantitative estimate of drug-likeness (QED) is 0.771. The highest BCUT2D eigenvalue weighted by molar-refractivity contribution is 6.30. The maximum atomic E-state index is 11.6. The minimum atomic E-state index is -0.406. The molecule has 17 heavy (non-hydrogen) atoms. The Morgan fingerprint density at radius 1 is 1.71 bits per heavy atom. The van der Waals surface area contributed by atoms with Crippen molar-refractivity contribution < 1.29 is 4.79 Å². The number of hydrogen-bond acceptors (Lipinski definition) is 3. The number of rotatable bonds is 7. The summed E-state index contributed by atoms with van der Waals surface area (Å²) in [5, 5.41) is 7.38. The van der Waals surface area contributed by atoms with E-state index >= 15 is 0 Å². The largest absolute Gasteiger partial charge is 0.353 e. The zero-order valence-electron chi connectivity index (χ0n) is 10.0. The van der Waals surface area contributed by atoms with E-state index in [2.05, 4.69) is 17.3 Å². The lowest BCUT2D eigenvalue weighted by atomic mass is 10.1. The van der Waals surface area contributed by atoms with E-state index in [9.17, 15) is 4.79 Å². The van der Waals surface area contributed by atoms with Gasteiger partial charge in [-0.25, -0.2) is 0 Å². The smallest absolute Gasteiger partial charge is 0.236 e. The zero-order valence-corrected chi connectivity index (χ0v) is 10.8. The Kier molecular flexibility index (Phi) is 6.00. The van der Waals surface area contributed by atoms with Gasteiger partial charge in [-0.05, 0) is 6.42 Å². The fourth-order valence-electron chi connectivity index (χ4n) is 1.44. The van der Waals surface area contributed by atoms with Crippen molar-refractivity contribution in [2.75, 3.05) is 6.54 Å². The molecule has 1 heterocycles. The number of hydrogen-bond donors (Lipinski definition) is 2. The molecule has 1 atom stereocenters. The van der Waals surface area contributed by atoms with Crippen LogP contribution in [0.1, 0.15) is 26.2 Å². The van der Waals surface area contributed by atoms with Crippen molar-refractivity contribution in [2.24, 2.45) is 5.73 Å². The monoisotopic (exact) mass is 258 g/mol. The van der Waals surface area contributed by atoms with Gasteiger partial charge in [-0.1, -0.05) is 31.4 Å². The number of halogens is 1. The lowest BCUT2D eigenvalue weighted by Crippen LogP contribution is -2.41. The maximum Gasteiger partial charge on any atom is 0.236 e. The van der Waals surface area contributed by atoms with Gasteiger partial charge < -0.3 is 11.1 Å². The van der Waals surface area contributed by atoms with Crippen LogP contribution in [-0.2, 0) is 11.3 Å². The van der Waals surface area contributed by atoms with Crippen molar-refractivity contribution in [3.63, 3.8) is 0 Å². The summed E-state index contributed by atoms with van der Waals surface area (Å²) >= 11 is 5.72. The Hall–Kier alpha value is -1.07. The second-order valence-electron chi connectivity index (χ2n) is 3.96. The van der Waals surface area contributed by atoms with Crippen LogP contribution in [0.25, 0.3) is 0 Å². The Balaban J connectivity index is 2.19. The van der Waals surface area contributed by atoms with Crippen LogP contribution in [0.5, 0.6) is 0 Å². The molecule has 0 radical (unpaired) electrons. The molecular weight excluding hydrogens is 240 g/mol. The number of unbranched alkanes of at least 4 members (excludes halogenated alkanes) is 1. The number of aromatic nitrogens is 2. The van der Waals surface area contributed by atoms with Gasteiger partial charge in [-0.2, -0.15) is 5.10 Å². The van der Waals surface area contributed by atoms with E-state index in [1.807, 2.05) is 0 Å². The lowest BCUT2D eigenvalue weighted by molar-refractivity contribution is -0.122.